The molecule has 0 radical (unpaired) electrons. The van der Waals surface area contributed by atoms with E-state index in [0.29, 0.717) is 5.75 Å². The van der Waals surface area contributed by atoms with Crippen LogP contribution in [0.4, 0.5) is 14.6 Å². The third-order valence-electron chi connectivity index (χ3n) is 2.18. The fourth-order valence-corrected chi connectivity index (χ4v) is 2.16. The van der Waals surface area contributed by atoms with Gasteiger partial charge in [-0.3, -0.25) is 0 Å². The highest BCUT2D eigenvalue weighted by atomic mass is 32.2. The van der Waals surface area contributed by atoms with Crippen molar-refractivity contribution in [1.29, 1.82) is 0 Å². The predicted octanol–water partition coefficient (Wildman–Crippen LogP) is 3.10. The van der Waals surface area contributed by atoms with Crippen molar-refractivity contribution in [2.75, 3.05) is 12.8 Å². The highest BCUT2D eigenvalue weighted by Crippen LogP contribution is 2.31. The van der Waals surface area contributed by atoms with Gasteiger partial charge in [0, 0.05) is 11.0 Å². The number of pyridine rings is 1. The van der Waals surface area contributed by atoms with Gasteiger partial charge >= 0.3 is 0 Å². The van der Waals surface area contributed by atoms with Gasteiger partial charge in [-0.05, 0) is 18.2 Å². The fraction of sp³-hybridized carbons (Fsp3) is 0.0833. The van der Waals surface area contributed by atoms with Gasteiger partial charge in [-0.1, -0.05) is 17.8 Å². The van der Waals surface area contributed by atoms with Crippen LogP contribution in [0.5, 0.6) is 5.75 Å². The van der Waals surface area contributed by atoms with Crippen LogP contribution in [0, 0.1) is 11.6 Å². The number of aromatic nitrogens is 1. The normalized spacial score (nSPS) is 10.4. The molecule has 0 aliphatic rings. The summed E-state index contributed by atoms with van der Waals surface area (Å²) in [6.07, 6.45) is 0. The molecule has 2 aromatic rings. The second-order valence-corrected chi connectivity index (χ2v) is 4.49. The number of nitrogen functional groups attached to an aromatic ring is 1. The van der Waals surface area contributed by atoms with E-state index in [2.05, 4.69) is 4.98 Å². The molecular formula is C12H10F2N2OS. The Balaban J connectivity index is 2.30. The minimum atomic E-state index is -0.859. The lowest BCUT2D eigenvalue weighted by Gasteiger charge is -2.05. The van der Waals surface area contributed by atoms with Gasteiger partial charge in [0.05, 0.1) is 7.11 Å². The summed E-state index contributed by atoms with van der Waals surface area (Å²) in [6, 6.07) is 7.77. The molecular weight excluding hydrogens is 258 g/mol. The summed E-state index contributed by atoms with van der Waals surface area (Å²) < 4.78 is 31.5. The van der Waals surface area contributed by atoms with Crippen molar-refractivity contribution >= 4 is 17.6 Å². The van der Waals surface area contributed by atoms with Crippen molar-refractivity contribution in [2.24, 2.45) is 0 Å². The second kappa shape index (κ2) is 5.22. The van der Waals surface area contributed by atoms with Crippen LogP contribution in [-0.4, -0.2) is 12.1 Å². The number of nitrogens with zero attached hydrogens (tertiary/aromatic N) is 1. The van der Waals surface area contributed by atoms with Crippen LogP contribution < -0.4 is 10.5 Å². The fourth-order valence-electron chi connectivity index (χ4n) is 1.31. The van der Waals surface area contributed by atoms with Crippen LogP contribution in [0.1, 0.15) is 0 Å². The third kappa shape index (κ3) is 2.70. The molecule has 0 aliphatic carbocycles. The Bertz CT molecular complexity index is 578. The summed E-state index contributed by atoms with van der Waals surface area (Å²) in [5.74, 6) is -1.27. The first-order valence-electron chi connectivity index (χ1n) is 5.03. The molecule has 0 aliphatic heterocycles. The number of hydrogen-bond acceptors (Lipinski definition) is 4. The van der Waals surface area contributed by atoms with Crippen molar-refractivity contribution in [2.45, 2.75) is 9.92 Å². The summed E-state index contributed by atoms with van der Waals surface area (Å²) in [4.78, 5) is 4.40. The Labute approximate surface area is 107 Å². The molecule has 0 amide bonds. The Morgan fingerprint density at radius 3 is 2.72 bits per heavy atom. The van der Waals surface area contributed by atoms with Gasteiger partial charge in [0.2, 0.25) is 0 Å². The Hall–Kier alpha value is -1.82. The Morgan fingerprint density at radius 2 is 2.00 bits per heavy atom. The average molecular weight is 268 g/mol. The summed E-state index contributed by atoms with van der Waals surface area (Å²) in [5.41, 5.74) is 5.31. The molecule has 0 saturated heterocycles. The monoisotopic (exact) mass is 268 g/mol. The first-order valence-corrected chi connectivity index (χ1v) is 5.85. The second-order valence-electron chi connectivity index (χ2n) is 3.42. The zero-order valence-electron chi connectivity index (χ0n) is 9.48. The summed E-state index contributed by atoms with van der Waals surface area (Å²) in [5, 5.41) is 0.0298. The van der Waals surface area contributed by atoms with Crippen LogP contribution >= 0.6 is 11.8 Å². The van der Waals surface area contributed by atoms with Crippen molar-refractivity contribution in [1.82, 2.24) is 4.98 Å². The maximum Gasteiger partial charge on any atom is 0.168 e. The van der Waals surface area contributed by atoms with E-state index in [4.69, 9.17) is 10.5 Å². The molecule has 0 saturated carbocycles. The van der Waals surface area contributed by atoms with Gasteiger partial charge < -0.3 is 10.5 Å². The molecule has 3 nitrogen and oxygen atoms in total. The number of halogens is 2. The van der Waals surface area contributed by atoms with Crippen LogP contribution in [0.3, 0.4) is 0 Å². The van der Waals surface area contributed by atoms with Crippen molar-refractivity contribution in [3.8, 4) is 5.75 Å². The summed E-state index contributed by atoms with van der Waals surface area (Å²) in [6.45, 7) is 0. The number of nitrogens with two attached hydrogens (primary N) is 1. The quantitative estimate of drug-likeness (QED) is 0.929. The molecule has 1 aromatic heterocycles. The zero-order chi connectivity index (χ0) is 13.1. The molecule has 0 fully saturated rings. The van der Waals surface area contributed by atoms with Crippen molar-refractivity contribution in [3.63, 3.8) is 0 Å². The molecule has 18 heavy (non-hydrogen) atoms. The average Bonchev–Trinajstić information content (AvgIpc) is 2.36. The standard InChI is InChI=1S/C12H10F2N2OS/c1-17-7-3-2-4-8(5-7)18-12-10(14)6-9(13)11(15)16-12/h2-6H,1H3,(H2,15,16). The van der Waals surface area contributed by atoms with E-state index in [1.54, 1.807) is 31.4 Å². The van der Waals surface area contributed by atoms with Gasteiger partial charge in [0.1, 0.15) is 10.8 Å². The molecule has 0 spiro atoms. The number of anilines is 1. The Morgan fingerprint density at radius 1 is 1.22 bits per heavy atom. The van der Waals surface area contributed by atoms with Gasteiger partial charge in [-0.15, -0.1) is 0 Å². The molecule has 0 atom stereocenters. The molecule has 2 N–H and O–H groups in total. The van der Waals surface area contributed by atoms with E-state index in [1.807, 2.05) is 0 Å². The highest BCUT2D eigenvalue weighted by Gasteiger charge is 2.11. The molecule has 1 heterocycles. The molecule has 0 unspecified atom stereocenters. The van der Waals surface area contributed by atoms with E-state index in [9.17, 15) is 8.78 Å². The minimum Gasteiger partial charge on any atom is -0.497 e. The van der Waals surface area contributed by atoms with Crippen LogP contribution in [-0.2, 0) is 0 Å². The van der Waals surface area contributed by atoms with E-state index in [-0.39, 0.29) is 10.8 Å². The van der Waals surface area contributed by atoms with E-state index < -0.39 is 11.6 Å². The van der Waals surface area contributed by atoms with Crippen LogP contribution in [0.25, 0.3) is 0 Å². The smallest absolute Gasteiger partial charge is 0.168 e. The maximum atomic E-state index is 13.5. The summed E-state index contributed by atoms with van der Waals surface area (Å²) in [7, 11) is 1.54. The first kappa shape index (κ1) is 12.6. The lowest BCUT2D eigenvalue weighted by atomic mass is 10.3. The van der Waals surface area contributed by atoms with Gasteiger partial charge in [-0.25, -0.2) is 13.8 Å². The molecule has 2 rings (SSSR count). The van der Waals surface area contributed by atoms with Crippen molar-refractivity contribution in [3.05, 3.63) is 42.0 Å². The lowest BCUT2D eigenvalue weighted by molar-refractivity contribution is 0.413. The highest BCUT2D eigenvalue weighted by molar-refractivity contribution is 7.99. The molecule has 6 heteroatoms. The van der Waals surface area contributed by atoms with Crippen molar-refractivity contribution < 1.29 is 13.5 Å². The minimum absolute atomic E-state index is 0.0298. The number of ether oxygens (including phenoxy) is 1. The SMILES string of the molecule is COc1cccc(Sc2nc(N)c(F)cc2F)c1. The van der Waals surface area contributed by atoms with Crippen LogP contribution in [0.2, 0.25) is 0 Å². The van der Waals surface area contributed by atoms with Gasteiger partial charge in [0.15, 0.2) is 17.5 Å². The van der Waals surface area contributed by atoms with E-state index >= 15 is 0 Å². The largest absolute Gasteiger partial charge is 0.497 e. The molecule has 0 bridgehead atoms. The number of rotatable bonds is 3. The number of benzene rings is 1. The maximum absolute atomic E-state index is 13.5. The Kier molecular flexibility index (Phi) is 3.66. The van der Waals surface area contributed by atoms with E-state index in [0.717, 1.165) is 22.7 Å². The van der Waals surface area contributed by atoms with Gasteiger partial charge in [0.25, 0.3) is 0 Å². The lowest BCUT2D eigenvalue weighted by Crippen LogP contribution is -1.98. The van der Waals surface area contributed by atoms with Gasteiger partial charge in [-0.2, -0.15) is 0 Å². The zero-order valence-corrected chi connectivity index (χ0v) is 10.3. The molecule has 94 valence electrons. The topological polar surface area (TPSA) is 48.1 Å². The van der Waals surface area contributed by atoms with E-state index in [1.165, 1.54) is 0 Å². The number of methoxy groups -OCH3 is 1. The predicted molar refractivity (Wildman–Crippen MR) is 65.7 cm³/mol. The summed E-state index contributed by atoms with van der Waals surface area (Å²) >= 11 is 1.05. The molecule has 1 aromatic carbocycles. The third-order valence-corrected chi connectivity index (χ3v) is 3.15. The van der Waals surface area contributed by atoms with Crippen LogP contribution in [0.15, 0.2) is 40.3 Å². The first-order chi connectivity index (χ1) is 8.60. The number of hydrogen-bond donors (Lipinski definition) is 1.